The molecular weight excluding hydrogens is 817 g/mol. The van der Waals surface area contributed by atoms with Gasteiger partial charge in [0.1, 0.15) is 8.07 Å². The van der Waals surface area contributed by atoms with Crippen LogP contribution in [0.3, 0.4) is 0 Å². The first-order chi connectivity index (χ1) is 30.8. The lowest BCUT2D eigenvalue weighted by Gasteiger charge is -2.31. The smallest absolute Gasteiger partial charge is 0.119 e. The van der Waals surface area contributed by atoms with E-state index in [2.05, 4.69) is 163 Å². The third-order valence-electron chi connectivity index (χ3n) is 13.7. The minimum Gasteiger partial charge on any atom is -0.243 e. The quantitative estimate of drug-likeness (QED) is 0.0673. The van der Waals surface area contributed by atoms with Gasteiger partial charge in [-0.25, -0.2) is 9.97 Å². The summed E-state index contributed by atoms with van der Waals surface area (Å²) in [5.41, 5.74) is 16.7. The molecule has 8 aromatic rings. The van der Waals surface area contributed by atoms with Gasteiger partial charge in [-0.15, -0.1) is 22.7 Å². The summed E-state index contributed by atoms with van der Waals surface area (Å²) in [6.07, 6.45) is 12.6. The molecule has 0 atom stereocenters. The van der Waals surface area contributed by atoms with Gasteiger partial charge in [-0.1, -0.05) is 182 Å². The second-order valence-electron chi connectivity index (χ2n) is 18.0. The molecule has 9 rings (SSSR count). The molecule has 2 nitrogen and oxygen atoms in total. The van der Waals surface area contributed by atoms with Crippen LogP contribution in [-0.4, -0.2) is 18.0 Å². The summed E-state index contributed by atoms with van der Waals surface area (Å²) in [6.45, 7) is 13.6. The topological polar surface area (TPSA) is 25.8 Å². The maximum Gasteiger partial charge on any atom is 0.119 e. The van der Waals surface area contributed by atoms with Crippen molar-refractivity contribution in [1.29, 1.82) is 0 Å². The Labute approximate surface area is 385 Å². The predicted molar refractivity (Wildman–Crippen MR) is 279 cm³/mol. The largest absolute Gasteiger partial charge is 0.243 e. The van der Waals surface area contributed by atoms with Gasteiger partial charge in [0.25, 0.3) is 0 Å². The highest BCUT2D eigenvalue weighted by atomic mass is 32.1. The van der Waals surface area contributed by atoms with Crippen LogP contribution in [0.4, 0.5) is 0 Å². The van der Waals surface area contributed by atoms with Crippen LogP contribution in [-0.2, 0) is 12.8 Å². The molecule has 0 aliphatic carbocycles. The summed E-state index contributed by atoms with van der Waals surface area (Å²) in [6, 6.07) is 49.3. The summed E-state index contributed by atoms with van der Waals surface area (Å²) in [7, 11) is -2.00. The van der Waals surface area contributed by atoms with Gasteiger partial charge in [0, 0.05) is 41.8 Å². The Bertz CT molecular complexity index is 2850. The van der Waals surface area contributed by atoms with Gasteiger partial charge in [-0.3, -0.25) is 0 Å². The Morgan fingerprint density at radius 1 is 0.429 bits per heavy atom. The number of fused-ring (bicyclic) bond motifs is 4. The molecule has 1 aliphatic rings. The normalized spacial score (nSPS) is 12.9. The van der Waals surface area contributed by atoms with Gasteiger partial charge in [0.05, 0.1) is 22.4 Å². The lowest BCUT2D eigenvalue weighted by molar-refractivity contribution is 0.684. The van der Waals surface area contributed by atoms with Gasteiger partial charge < -0.3 is 0 Å². The molecule has 0 amide bonds. The standard InChI is InChI=1S/C58H62N2S2Si/c1-7-11-13-15-35-63(36-16-14-12-8-2)53-37-39(5)17-28-46(53)47-29-27-45(38-54(47)63)50-33-34-52(62-50)49-31-30-48(51-32-18-40(6)61-51)57-58(49)60-56(44-25-21-42(10-4)22-26-44)55(59-57)43-23-19-41(9-3)20-24-43/h17-34,37-38H,7-16,35-36H2,1-6H3. The van der Waals surface area contributed by atoms with Crippen LogP contribution in [0.1, 0.15) is 101 Å². The van der Waals surface area contributed by atoms with E-state index in [4.69, 9.17) is 9.97 Å². The molecule has 1 aliphatic heterocycles. The lowest BCUT2D eigenvalue weighted by Crippen LogP contribution is -2.55. The summed E-state index contributed by atoms with van der Waals surface area (Å²) < 4.78 is 0. The second-order valence-corrected chi connectivity index (χ2v) is 24.6. The van der Waals surface area contributed by atoms with Crippen molar-refractivity contribution in [2.24, 2.45) is 0 Å². The van der Waals surface area contributed by atoms with Gasteiger partial charge in [-0.05, 0) is 101 Å². The van der Waals surface area contributed by atoms with Gasteiger partial charge in [-0.2, -0.15) is 0 Å². The Hall–Kier alpha value is -4.94. The highest BCUT2D eigenvalue weighted by molar-refractivity contribution is 7.19. The number of aromatic nitrogens is 2. The van der Waals surface area contributed by atoms with Crippen molar-refractivity contribution >= 4 is 52.2 Å². The number of rotatable bonds is 17. The highest BCUT2D eigenvalue weighted by Crippen LogP contribution is 2.44. The van der Waals surface area contributed by atoms with Gasteiger partial charge >= 0.3 is 0 Å². The minimum atomic E-state index is -2.00. The lowest BCUT2D eigenvalue weighted by atomic mass is 9.99. The molecule has 3 aromatic heterocycles. The number of benzene rings is 5. The maximum atomic E-state index is 5.71. The van der Waals surface area contributed by atoms with Crippen molar-refractivity contribution in [2.75, 3.05) is 0 Å². The molecule has 0 saturated heterocycles. The molecule has 0 saturated carbocycles. The van der Waals surface area contributed by atoms with Gasteiger partial charge in [0.2, 0.25) is 0 Å². The van der Waals surface area contributed by atoms with Crippen molar-refractivity contribution in [3.05, 3.63) is 143 Å². The number of nitrogens with zero attached hydrogens (tertiary/aromatic N) is 2. The van der Waals surface area contributed by atoms with E-state index < -0.39 is 8.07 Å². The predicted octanol–water partition coefficient (Wildman–Crippen LogP) is 16.5. The average molecular weight is 879 g/mol. The third-order valence-corrected chi connectivity index (χ3v) is 21.2. The molecule has 5 aromatic carbocycles. The zero-order chi connectivity index (χ0) is 43.5. The molecule has 0 N–H and O–H groups in total. The van der Waals surface area contributed by atoms with Crippen LogP contribution in [0, 0.1) is 13.8 Å². The first-order valence-corrected chi connectivity index (χ1v) is 27.9. The molecule has 0 radical (unpaired) electrons. The van der Waals surface area contributed by atoms with Gasteiger partial charge in [0.15, 0.2) is 0 Å². The fourth-order valence-electron chi connectivity index (χ4n) is 10.1. The van der Waals surface area contributed by atoms with E-state index in [-0.39, 0.29) is 0 Å². The fraction of sp³-hybridized carbons (Fsp3) is 0.310. The van der Waals surface area contributed by atoms with Crippen molar-refractivity contribution in [2.45, 2.75) is 118 Å². The summed E-state index contributed by atoms with van der Waals surface area (Å²) in [5.74, 6) is 0. The summed E-state index contributed by atoms with van der Waals surface area (Å²) in [5, 5.41) is 3.40. The van der Waals surface area contributed by atoms with Crippen LogP contribution in [0.25, 0.3) is 76.0 Å². The molecular formula is C58H62N2S2Si. The maximum absolute atomic E-state index is 5.71. The first kappa shape index (κ1) is 43.3. The minimum absolute atomic E-state index is 0.930. The number of thiophene rings is 2. The molecule has 0 bridgehead atoms. The Balaban J connectivity index is 1.19. The molecule has 5 heteroatoms. The molecule has 0 spiro atoms. The number of unbranched alkanes of at least 4 members (excludes halogenated alkanes) is 6. The Kier molecular flexibility index (Phi) is 13.1. The zero-order valence-corrected chi connectivity index (χ0v) is 40.9. The Morgan fingerprint density at radius 3 is 1.43 bits per heavy atom. The van der Waals surface area contributed by atoms with Crippen molar-refractivity contribution in [3.63, 3.8) is 0 Å². The van der Waals surface area contributed by atoms with Crippen LogP contribution in [0.2, 0.25) is 12.1 Å². The van der Waals surface area contributed by atoms with Crippen molar-refractivity contribution in [1.82, 2.24) is 9.97 Å². The monoisotopic (exact) mass is 878 g/mol. The van der Waals surface area contributed by atoms with Crippen LogP contribution in [0.15, 0.2) is 121 Å². The molecule has 63 heavy (non-hydrogen) atoms. The SMILES string of the molecule is CCCCCC[Si]1(CCCCCC)c2cc(C)ccc2-c2ccc(-c3ccc(-c4ccc(-c5ccc(C)s5)c5nc(-c6ccc(CC)cc6)c(-c6ccc(CC)cc6)nc45)s3)cc21. The van der Waals surface area contributed by atoms with Crippen LogP contribution < -0.4 is 10.4 Å². The highest BCUT2D eigenvalue weighted by Gasteiger charge is 2.44. The van der Waals surface area contributed by atoms with Crippen LogP contribution >= 0.6 is 22.7 Å². The van der Waals surface area contributed by atoms with E-state index in [0.29, 0.717) is 0 Å². The Morgan fingerprint density at radius 2 is 0.905 bits per heavy atom. The summed E-state index contributed by atoms with van der Waals surface area (Å²) >= 11 is 3.73. The van der Waals surface area contributed by atoms with Crippen molar-refractivity contribution < 1.29 is 0 Å². The number of hydrogen-bond donors (Lipinski definition) is 0. The van der Waals surface area contributed by atoms with E-state index in [1.807, 2.05) is 22.7 Å². The van der Waals surface area contributed by atoms with E-state index >= 15 is 0 Å². The second kappa shape index (κ2) is 19.0. The first-order valence-electron chi connectivity index (χ1n) is 23.8. The number of aryl methyl sites for hydroxylation is 4. The van der Waals surface area contributed by atoms with E-state index in [1.54, 1.807) is 10.4 Å². The molecule has 0 unspecified atom stereocenters. The molecule has 320 valence electrons. The third kappa shape index (κ3) is 8.57. The van der Waals surface area contributed by atoms with E-state index in [9.17, 15) is 0 Å². The van der Waals surface area contributed by atoms with Crippen molar-refractivity contribution in [3.8, 4) is 65.0 Å². The molecule has 4 heterocycles. The fourth-order valence-corrected chi connectivity index (χ4v) is 17.7. The number of hydrogen-bond acceptors (Lipinski definition) is 4. The van der Waals surface area contributed by atoms with E-state index in [1.165, 1.54) is 116 Å². The van der Waals surface area contributed by atoms with E-state index in [0.717, 1.165) is 57.5 Å². The van der Waals surface area contributed by atoms with Crippen LogP contribution in [0.5, 0.6) is 0 Å². The average Bonchev–Trinajstić information content (AvgIpc) is 4.05. The zero-order valence-electron chi connectivity index (χ0n) is 38.2. The molecule has 0 fully saturated rings. The summed E-state index contributed by atoms with van der Waals surface area (Å²) in [4.78, 5) is 16.4.